The van der Waals surface area contributed by atoms with Gasteiger partial charge in [-0.05, 0) is 12.1 Å². The van der Waals surface area contributed by atoms with Crippen LogP contribution in [0.1, 0.15) is 0 Å². The van der Waals surface area contributed by atoms with Gasteiger partial charge in [-0.3, -0.25) is 0 Å². The van der Waals surface area contributed by atoms with Gasteiger partial charge in [0.05, 0.1) is 0 Å². The van der Waals surface area contributed by atoms with Gasteiger partial charge in [-0.1, -0.05) is 5.16 Å². The molecular weight excluding hydrogens is 271 g/mol. The number of benzene rings is 1. The molecule has 1 aromatic carbocycles. The van der Waals surface area contributed by atoms with Crippen molar-refractivity contribution in [1.29, 1.82) is 0 Å². The van der Waals surface area contributed by atoms with E-state index in [1.807, 2.05) is 0 Å². The molecule has 100 valence electrons. The maximum absolute atomic E-state index is 13.2. The number of rotatable bonds is 2. The average molecular weight is 277 g/mol. The van der Waals surface area contributed by atoms with Crippen molar-refractivity contribution < 1.29 is 17.7 Å². The molecule has 0 saturated carbocycles. The Morgan fingerprint density at radius 1 is 0.850 bits per heavy atom. The molecule has 20 heavy (non-hydrogen) atoms. The summed E-state index contributed by atoms with van der Waals surface area (Å²) in [5.74, 6) is -3.99. The van der Waals surface area contributed by atoms with Gasteiger partial charge in [-0.15, -0.1) is 0 Å². The van der Waals surface area contributed by atoms with E-state index in [1.165, 1.54) is 24.8 Å². The van der Waals surface area contributed by atoms with Crippen LogP contribution >= 0.6 is 0 Å². The van der Waals surface area contributed by atoms with Gasteiger partial charge in [0.25, 0.3) is 0 Å². The third-order valence-corrected chi connectivity index (χ3v) is 2.63. The topological polar surface area (TPSA) is 51.8 Å². The highest BCUT2D eigenvalue weighted by molar-refractivity contribution is 5.65. The van der Waals surface area contributed by atoms with Gasteiger partial charge in [-0.2, -0.15) is 0 Å². The van der Waals surface area contributed by atoms with Crippen LogP contribution in [0.3, 0.4) is 0 Å². The first kappa shape index (κ1) is 12.3. The van der Waals surface area contributed by atoms with Crippen LogP contribution in [0.4, 0.5) is 13.2 Å². The molecule has 0 aliphatic carbocycles. The third kappa shape index (κ3) is 2.13. The van der Waals surface area contributed by atoms with E-state index in [9.17, 15) is 13.2 Å². The van der Waals surface area contributed by atoms with E-state index in [0.29, 0.717) is 11.3 Å². The van der Waals surface area contributed by atoms with Crippen molar-refractivity contribution >= 4 is 0 Å². The van der Waals surface area contributed by atoms with Crippen LogP contribution in [0, 0.1) is 17.5 Å². The smallest absolute Gasteiger partial charge is 0.194 e. The Morgan fingerprint density at radius 2 is 1.50 bits per heavy atom. The zero-order valence-electron chi connectivity index (χ0n) is 9.85. The van der Waals surface area contributed by atoms with E-state index < -0.39 is 17.5 Å². The molecule has 3 aromatic rings. The first-order valence-electron chi connectivity index (χ1n) is 5.52. The molecule has 0 aliphatic rings. The fourth-order valence-electron chi connectivity index (χ4n) is 1.68. The second-order valence-electron chi connectivity index (χ2n) is 3.96. The normalized spacial score (nSPS) is 10.8. The van der Waals surface area contributed by atoms with Gasteiger partial charge in [0, 0.05) is 29.6 Å². The Hall–Kier alpha value is -2.70. The summed E-state index contributed by atoms with van der Waals surface area (Å²) < 4.78 is 44.2. The molecule has 0 radical (unpaired) electrons. The molecule has 2 heterocycles. The lowest BCUT2D eigenvalue weighted by molar-refractivity contribution is 0.429. The molecule has 3 rings (SSSR count). The highest BCUT2D eigenvalue weighted by atomic mass is 19.2. The molecular formula is C13H6F3N3O. The zero-order chi connectivity index (χ0) is 14.1. The fourth-order valence-corrected chi connectivity index (χ4v) is 1.68. The molecule has 7 heteroatoms. The van der Waals surface area contributed by atoms with Gasteiger partial charge in [-0.25, -0.2) is 23.1 Å². The van der Waals surface area contributed by atoms with Gasteiger partial charge >= 0.3 is 0 Å². The van der Waals surface area contributed by atoms with E-state index in [4.69, 9.17) is 4.52 Å². The van der Waals surface area contributed by atoms with Crippen molar-refractivity contribution in [2.24, 2.45) is 0 Å². The summed E-state index contributed by atoms with van der Waals surface area (Å²) >= 11 is 0. The first-order chi connectivity index (χ1) is 9.65. The maximum atomic E-state index is 13.2. The molecule has 0 spiro atoms. The Balaban J connectivity index is 2.03. The van der Waals surface area contributed by atoms with E-state index >= 15 is 0 Å². The molecule has 0 unspecified atom stereocenters. The van der Waals surface area contributed by atoms with Crippen molar-refractivity contribution in [2.45, 2.75) is 0 Å². The Kier molecular flexibility index (Phi) is 2.94. The van der Waals surface area contributed by atoms with Crippen molar-refractivity contribution in [1.82, 2.24) is 15.1 Å². The standard InChI is InChI=1S/C13H6F3N3O/c14-9-1-7(2-10(15)13(9)16)12-3-11(19-20-12)8-4-17-6-18-5-8/h1-6H. The highest BCUT2D eigenvalue weighted by Crippen LogP contribution is 2.27. The van der Waals surface area contributed by atoms with Crippen LogP contribution < -0.4 is 0 Å². The van der Waals surface area contributed by atoms with Crippen LogP contribution in [-0.2, 0) is 0 Å². The lowest BCUT2D eigenvalue weighted by atomic mass is 10.1. The lowest BCUT2D eigenvalue weighted by Crippen LogP contribution is -1.91. The average Bonchev–Trinajstić information content (AvgIpc) is 2.95. The summed E-state index contributed by atoms with van der Waals surface area (Å²) in [5.41, 5.74) is 1.05. The number of hydrogen-bond acceptors (Lipinski definition) is 4. The third-order valence-electron chi connectivity index (χ3n) is 2.63. The number of halogens is 3. The van der Waals surface area contributed by atoms with E-state index in [2.05, 4.69) is 15.1 Å². The monoisotopic (exact) mass is 277 g/mol. The first-order valence-corrected chi connectivity index (χ1v) is 5.52. The fraction of sp³-hybridized carbons (Fsp3) is 0. The molecule has 0 atom stereocenters. The van der Waals surface area contributed by atoms with E-state index in [1.54, 1.807) is 0 Å². The lowest BCUT2D eigenvalue weighted by Gasteiger charge is -1.98. The molecule has 2 aromatic heterocycles. The largest absolute Gasteiger partial charge is 0.356 e. The summed E-state index contributed by atoms with van der Waals surface area (Å²) in [4.78, 5) is 7.64. The Morgan fingerprint density at radius 3 is 2.15 bits per heavy atom. The predicted octanol–water partition coefficient (Wildman–Crippen LogP) is 3.22. The molecule has 4 nitrogen and oxygen atoms in total. The second kappa shape index (κ2) is 4.76. The quantitative estimate of drug-likeness (QED) is 0.675. The maximum Gasteiger partial charge on any atom is 0.194 e. The van der Waals surface area contributed by atoms with Crippen LogP contribution in [0.5, 0.6) is 0 Å². The minimum Gasteiger partial charge on any atom is -0.356 e. The summed E-state index contributed by atoms with van der Waals surface area (Å²) in [7, 11) is 0. The molecule has 0 bridgehead atoms. The summed E-state index contributed by atoms with van der Waals surface area (Å²) in [5, 5.41) is 3.75. The highest BCUT2D eigenvalue weighted by Gasteiger charge is 2.15. The van der Waals surface area contributed by atoms with E-state index in [0.717, 1.165) is 12.1 Å². The van der Waals surface area contributed by atoms with Gasteiger partial charge < -0.3 is 4.52 Å². The summed E-state index contributed by atoms with van der Waals surface area (Å²) in [6.45, 7) is 0. The van der Waals surface area contributed by atoms with Crippen LogP contribution in [0.2, 0.25) is 0 Å². The van der Waals surface area contributed by atoms with Crippen molar-refractivity contribution in [3.63, 3.8) is 0 Å². The predicted molar refractivity (Wildman–Crippen MR) is 62.8 cm³/mol. The molecule has 0 N–H and O–H groups in total. The molecule has 0 fully saturated rings. The summed E-state index contributed by atoms with van der Waals surface area (Å²) in [6, 6.07) is 3.14. The van der Waals surface area contributed by atoms with Gasteiger partial charge in [0.2, 0.25) is 0 Å². The molecule has 0 aliphatic heterocycles. The second-order valence-corrected chi connectivity index (χ2v) is 3.96. The minimum atomic E-state index is -1.52. The van der Waals surface area contributed by atoms with Crippen LogP contribution in [-0.4, -0.2) is 15.1 Å². The van der Waals surface area contributed by atoms with Crippen molar-refractivity contribution in [2.75, 3.05) is 0 Å². The Bertz CT molecular complexity index is 736. The van der Waals surface area contributed by atoms with Gasteiger partial charge in [0.1, 0.15) is 12.0 Å². The molecule has 0 amide bonds. The number of nitrogens with zero attached hydrogens (tertiary/aromatic N) is 3. The van der Waals surface area contributed by atoms with Crippen molar-refractivity contribution in [3.05, 3.63) is 54.4 Å². The van der Waals surface area contributed by atoms with Gasteiger partial charge in [0.15, 0.2) is 23.2 Å². The number of hydrogen-bond donors (Lipinski definition) is 0. The molecule has 0 saturated heterocycles. The van der Waals surface area contributed by atoms with Crippen LogP contribution in [0.15, 0.2) is 41.4 Å². The zero-order valence-corrected chi connectivity index (χ0v) is 9.85. The van der Waals surface area contributed by atoms with Crippen LogP contribution in [0.25, 0.3) is 22.6 Å². The number of aromatic nitrogens is 3. The Labute approximate surface area is 110 Å². The minimum absolute atomic E-state index is 0.0528. The van der Waals surface area contributed by atoms with E-state index in [-0.39, 0.29) is 11.3 Å². The summed E-state index contributed by atoms with van der Waals surface area (Å²) in [6.07, 6.45) is 4.39. The van der Waals surface area contributed by atoms with Crippen molar-refractivity contribution in [3.8, 4) is 22.6 Å². The SMILES string of the molecule is Fc1cc(-c2cc(-c3cncnc3)no2)cc(F)c1F.